The number of hydrogen-bond acceptors (Lipinski definition) is 12. The second-order valence-corrected chi connectivity index (χ2v) is 12.1. The van der Waals surface area contributed by atoms with E-state index in [4.69, 9.17) is 9.26 Å². The number of hydrogen-bond donors (Lipinski definition) is 6. The molecule has 0 aliphatic carbocycles. The lowest BCUT2D eigenvalue weighted by atomic mass is 10.2. The molecular weight excluding hydrogens is 639 g/mol. The van der Waals surface area contributed by atoms with E-state index in [9.17, 15) is 33.7 Å². The molecule has 1 aliphatic heterocycles. The number of nitrogens with zero attached hydrogens (tertiary/aromatic N) is 6. The van der Waals surface area contributed by atoms with Crippen LogP contribution in [0.2, 0.25) is 0 Å². The van der Waals surface area contributed by atoms with Crippen molar-refractivity contribution in [3.8, 4) is 0 Å². The third-order valence-electron chi connectivity index (χ3n) is 6.70. The summed E-state index contributed by atoms with van der Waals surface area (Å²) in [5.74, 6) is 0.408. The number of nitrogens with one attached hydrogen (secondary N) is 4. The molecular formula is C27H41N10O9P. The van der Waals surface area contributed by atoms with Gasteiger partial charge in [0.05, 0.1) is 24.9 Å². The largest absolute Gasteiger partial charge is 0.437 e. The summed E-state index contributed by atoms with van der Waals surface area (Å²) in [4.78, 5) is 69.5. The van der Waals surface area contributed by atoms with E-state index in [-0.39, 0.29) is 38.3 Å². The molecule has 0 saturated heterocycles. The Balaban J connectivity index is 1.61. The van der Waals surface area contributed by atoms with Gasteiger partial charge in [-0.2, -0.15) is 0 Å². The third-order valence-corrected chi connectivity index (χ3v) is 8.01. The average molecular weight is 681 g/mol. The number of aliphatic hydroxyl groups excluding tert-OH is 1. The predicted molar refractivity (Wildman–Crippen MR) is 171 cm³/mol. The van der Waals surface area contributed by atoms with Crippen LogP contribution >= 0.6 is 7.75 Å². The Labute approximate surface area is 270 Å². The van der Waals surface area contributed by atoms with Crippen molar-refractivity contribution in [2.45, 2.75) is 25.7 Å². The highest BCUT2D eigenvalue weighted by molar-refractivity contribution is 7.51. The molecule has 2 aromatic heterocycles. The first-order valence-corrected chi connectivity index (χ1v) is 16.0. The van der Waals surface area contributed by atoms with Crippen molar-refractivity contribution in [1.82, 2.24) is 44.6 Å². The van der Waals surface area contributed by atoms with E-state index in [1.54, 1.807) is 14.0 Å². The Hall–Kier alpha value is -4.39. The monoisotopic (exact) mass is 680 g/mol. The number of rotatable bonds is 16. The number of aliphatic hydroxyl groups is 1. The van der Waals surface area contributed by atoms with Crippen LogP contribution in [0.3, 0.4) is 0 Å². The zero-order chi connectivity index (χ0) is 34.6. The van der Waals surface area contributed by atoms with Crippen molar-refractivity contribution in [3.05, 3.63) is 68.8 Å². The van der Waals surface area contributed by atoms with Crippen molar-refractivity contribution in [1.29, 1.82) is 0 Å². The van der Waals surface area contributed by atoms with Gasteiger partial charge in [0.2, 0.25) is 5.91 Å². The maximum absolute atomic E-state index is 13.0. The fourth-order valence-corrected chi connectivity index (χ4v) is 5.21. The highest BCUT2D eigenvalue weighted by Crippen LogP contribution is 2.43. The summed E-state index contributed by atoms with van der Waals surface area (Å²) < 4.78 is 26.2. The summed E-state index contributed by atoms with van der Waals surface area (Å²) >= 11 is 0. The summed E-state index contributed by atoms with van der Waals surface area (Å²) in [6.07, 6.45) is 6.11. The van der Waals surface area contributed by atoms with E-state index in [2.05, 4.69) is 31.2 Å². The topological polar surface area (TPSA) is 236 Å². The molecule has 2 unspecified atom stereocenters. The van der Waals surface area contributed by atoms with Crippen LogP contribution in [0.25, 0.3) is 6.08 Å². The zero-order valence-corrected chi connectivity index (χ0v) is 27.4. The lowest BCUT2D eigenvalue weighted by Gasteiger charge is -2.28. The minimum absolute atomic E-state index is 0.00901. The average Bonchev–Trinajstić information content (AvgIpc) is 3.61. The fourth-order valence-electron chi connectivity index (χ4n) is 4.26. The summed E-state index contributed by atoms with van der Waals surface area (Å²) in [6, 6.07) is 0. The van der Waals surface area contributed by atoms with Crippen LogP contribution in [0.1, 0.15) is 25.1 Å². The number of aliphatic imine (C=N–C) groups is 1. The van der Waals surface area contributed by atoms with Crippen LogP contribution in [0.15, 0.2) is 57.0 Å². The highest BCUT2D eigenvalue weighted by Gasteiger charge is 2.25. The number of likely N-dealkylation sites (N-methyl/N-ethyl adjacent to an activating group) is 1. The normalized spacial score (nSPS) is 16.8. The number of guanidine groups is 1. The van der Waals surface area contributed by atoms with Gasteiger partial charge in [0, 0.05) is 77.0 Å². The third kappa shape index (κ3) is 10.6. The molecule has 3 atom stereocenters. The number of carbonyl (C=O) groups excluding carboxylic acids is 2. The van der Waals surface area contributed by atoms with Gasteiger partial charge in [0.1, 0.15) is 18.4 Å². The molecule has 0 aromatic carbocycles. The van der Waals surface area contributed by atoms with Gasteiger partial charge >= 0.3 is 13.4 Å². The number of imidazole rings is 1. The summed E-state index contributed by atoms with van der Waals surface area (Å²) in [6.45, 7) is 2.31. The van der Waals surface area contributed by atoms with E-state index in [1.165, 1.54) is 31.7 Å². The van der Waals surface area contributed by atoms with Gasteiger partial charge in [-0.15, -0.1) is 0 Å². The molecule has 47 heavy (non-hydrogen) atoms. The maximum atomic E-state index is 13.0. The molecule has 19 nitrogen and oxygen atoms in total. The molecule has 258 valence electrons. The molecule has 0 spiro atoms. The molecule has 2 aromatic rings. The molecule has 6 N–H and O–H groups in total. The molecule has 20 heteroatoms. The Morgan fingerprint density at radius 3 is 2.68 bits per heavy atom. The van der Waals surface area contributed by atoms with Crippen molar-refractivity contribution in [2.24, 2.45) is 12.0 Å². The quantitative estimate of drug-likeness (QED) is 0.0278. The Kier molecular flexibility index (Phi) is 13.8. The van der Waals surface area contributed by atoms with E-state index >= 15 is 0 Å². The van der Waals surface area contributed by atoms with Crippen molar-refractivity contribution >= 4 is 32.0 Å². The first-order valence-electron chi connectivity index (χ1n) is 14.5. The van der Waals surface area contributed by atoms with Crippen LogP contribution in [0.4, 0.5) is 0 Å². The first kappa shape index (κ1) is 37.1. The highest BCUT2D eigenvalue weighted by atomic mass is 31.2. The molecule has 3 rings (SSSR count). The molecule has 0 bridgehead atoms. The van der Waals surface area contributed by atoms with Gasteiger partial charge in [-0.05, 0) is 20.0 Å². The number of ether oxygens (including phenoxy) is 1. The Bertz CT molecular complexity index is 1630. The zero-order valence-electron chi connectivity index (χ0n) is 26.5. The number of aldehydes is 1. The summed E-state index contributed by atoms with van der Waals surface area (Å²) in [7, 11) is 0.468. The van der Waals surface area contributed by atoms with Gasteiger partial charge in [0.25, 0.3) is 5.56 Å². The van der Waals surface area contributed by atoms with Crippen molar-refractivity contribution in [2.75, 3.05) is 53.6 Å². The van der Waals surface area contributed by atoms with Gasteiger partial charge in [-0.25, -0.2) is 18.7 Å². The molecule has 1 amide bonds. The second kappa shape index (κ2) is 17.5. The first-order chi connectivity index (χ1) is 22.4. The Morgan fingerprint density at radius 1 is 1.28 bits per heavy atom. The molecule has 3 heterocycles. The summed E-state index contributed by atoms with van der Waals surface area (Å²) in [5.41, 5.74) is -0.881. The van der Waals surface area contributed by atoms with Crippen LogP contribution in [-0.2, 0) is 30.5 Å². The SMILES string of the molecule is CN=C(NCCNC(=O)/C=C/c1cn([C@@H](CCO)OC(C)COP(=O)(O)n2ccnc2)c(=O)n(C)c1=O)NC1=C(C=O)CN(C)CN1. The van der Waals surface area contributed by atoms with Crippen molar-refractivity contribution < 1.29 is 33.4 Å². The maximum Gasteiger partial charge on any atom is 0.437 e. The van der Waals surface area contributed by atoms with E-state index < -0.39 is 37.2 Å². The minimum atomic E-state index is -4.23. The summed E-state index contributed by atoms with van der Waals surface area (Å²) in [5, 5.41) is 21.4. The van der Waals surface area contributed by atoms with Gasteiger partial charge in [-0.3, -0.25) is 37.9 Å². The second-order valence-electron chi connectivity index (χ2n) is 10.4. The Morgan fingerprint density at radius 2 is 2.02 bits per heavy atom. The molecule has 0 saturated carbocycles. The minimum Gasteiger partial charge on any atom is -0.396 e. The van der Waals surface area contributed by atoms with Gasteiger partial charge < -0.3 is 36.0 Å². The molecule has 1 aliphatic rings. The standard InChI is InChI=1S/C27H41N10O9P/c1-19(16-45-47(43,44)36-11-10-29-17-36)46-23(7-12-38)37-14-20(25(41)35(4)27(37)42)5-6-22(40)30-8-9-31-26(28-2)33-24-21(15-39)13-34(3)18-32-24/h5-6,10-11,14-15,17,19,23,32,38H,7-9,12-13,16,18H2,1-4H3,(H,30,40)(H,43,44)(H2,28,31,33)/b6-5+/t19?,23-/m1/s1. The van der Waals surface area contributed by atoms with Crippen LogP contribution in [0, 0.1) is 0 Å². The van der Waals surface area contributed by atoms with E-state index in [0.29, 0.717) is 30.6 Å². The van der Waals surface area contributed by atoms with Crippen LogP contribution in [0.5, 0.6) is 0 Å². The van der Waals surface area contributed by atoms with E-state index in [0.717, 1.165) is 32.2 Å². The number of amides is 1. The number of aromatic nitrogens is 4. The van der Waals surface area contributed by atoms with Crippen molar-refractivity contribution in [3.63, 3.8) is 0 Å². The lowest BCUT2D eigenvalue weighted by molar-refractivity contribution is -0.116. The van der Waals surface area contributed by atoms with Crippen LogP contribution in [-0.4, -0.2) is 111 Å². The van der Waals surface area contributed by atoms with Gasteiger partial charge in [-0.1, -0.05) is 0 Å². The molecule has 0 fully saturated rings. The van der Waals surface area contributed by atoms with E-state index in [1.807, 2.05) is 11.9 Å². The smallest absolute Gasteiger partial charge is 0.396 e. The fraction of sp³-hybridized carbons (Fsp3) is 0.481. The molecule has 0 radical (unpaired) electrons. The van der Waals surface area contributed by atoms with Gasteiger partial charge in [0.15, 0.2) is 12.2 Å². The van der Waals surface area contributed by atoms with Crippen LogP contribution < -0.4 is 32.5 Å². The lowest BCUT2D eigenvalue weighted by Crippen LogP contribution is -2.48. The number of carbonyl (C=O) groups is 2. The predicted octanol–water partition coefficient (Wildman–Crippen LogP) is -2.11.